The van der Waals surface area contributed by atoms with E-state index in [1.165, 1.54) is 25.1 Å². The minimum atomic E-state index is -1.88. The van der Waals surface area contributed by atoms with Crippen LogP contribution in [0.2, 0.25) is 0 Å². The smallest absolute Gasteiger partial charge is 0.229 e. The molecule has 2 aliphatic carbocycles. The van der Waals surface area contributed by atoms with Crippen molar-refractivity contribution in [1.82, 2.24) is 0 Å². The van der Waals surface area contributed by atoms with E-state index in [1.807, 2.05) is 0 Å². The molecule has 0 saturated carbocycles. The van der Waals surface area contributed by atoms with Crippen molar-refractivity contribution >= 4 is 11.6 Å². The molecule has 210 valence electrons. The lowest BCUT2D eigenvalue weighted by atomic mass is 9.71. The maximum absolute atomic E-state index is 13.7. The van der Waals surface area contributed by atoms with Gasteiger partial charge in [0.2, 0.25) is 12.1 Å². The Hall–Kier alpha value is -3.14. The zero-order chi connectivity index (χ0) is 28.5. The molecule has 1 fully saturated rings. The molecule has 2 aromatic rings. The molecule has 2 aromatic carbocycles. The number of hydrogen-bond donors (Lipinski definition) is 9. The summed E-state index contributed by atoms with van der Waals surface area (Å²) in [5.41, 5.74) is -4.72. The van der Waals surface area contributed by atoms with E-state index < -0.39 is 112 Å². The highest BCUT2D eigenvalue weighted by molar-refractivity contribution is 6.31. The first-order valence-corrected chi connectivity index (χ1v) is 12.3. The first-order valence-electron chi connectivity index (χ1n) is 12.3. The van der Waals surface area contributed by atoms with Gasteiger partial charge in [-0.15, -0.1) is 0 Å². The Bertz CT molecular complexity index is 1350. The number of ether oxygens (including phenoxy) is 2. The fraction of sp³-hybridized carbons (Fsp3) is 0.462. The summed E-state index contributed by atoms with van der Waals surface area (Å²) in [6.45, 7) is 0.806. The Morgan fingerprint density at radius 1 is 0.923 bits per heavy atom. The zero-order valence-corrected chi connectivity index (χ0v) is 20.6. The summed E-state index contributed by atoms with van der Waals surface area (Å²) in [7, 11) is 0. The Labute approximate surface area is 220 Å². The Morgan fingerprint density at radius 3 is 2.21 bits per heavy atom. The zero-order valence-electron chi connectivity index (χ0n) is 20.6. The maximum atomic E-state index is 13.7. The third kappa shape index (κ3) is 3.85. The molecule has 0 bridgehead atoms. The third-order valence-corrected chi connectivity index (χ3v) is 7.84. The fourth-order valence-electron chi connectivity index (χ4n) is 5.57. The maximum Gasteiger partial charge on any atom is 0.229 e. The van der Waals surface area contributed by atoms with Gasteiger partial charge in [-0.05, 0) is 12.5 Å². The Kier molecular flexibility index (Phi) is 6.68. The molecule has 0 unspecified atom stereocenters. The van der Waals surface area contributed by atoms with Crippen molar-refractivity contribution in [1.29, 1.82) is 0 Å². The van der Waals surface area contributed by atoms with Crippen molar-refractivity contribution in [2.45, 2.75) is 68.3 Å². The number of phenols is 2. The molecule has 1 aliphatic heterocycles. The first kappa shape index (κ1) is 27.4. The van der Waals surface area contributed by atoms with E-state index in [0.717, 1.165) is 0 Å². The predicted octanol–water partition coefficient (Wildman–Crippen LogP) is -1.34. The van der Waals surface area contributed by atoms with Crippen molar-refractivity contribution in [3.8, 4) is 17.2 Å². The summed E-state index contributed by atoms with van der Waals surface area (Å²) in [4.78, 5) is 27.3. The summed E-state index contributed by atoms with van der Waals surface area (Å²) in [5.74, 6) is -4.01. The van der Waals surface area contributed by atoms with Crippen molar-refractivity contribution in [2.24, 2.45) is 0 Å². The summed E-state index contributed by atoms with van der Waals surface area (Å²) < 4.78 is 10.9. The molecule has 8 atom stereocenters. The number of ketones is 2. The van der Waals surface area contributed by atoms with Crippen molar-refractivity contribution in [3.63, 3.8) is 0 Å². The van der Waals surface area contributed by atoms with Crippen LogP contribution in [0.5, 0.6) is 17.2 Å². The quantitative estimate of drug-likeness (QED) is 0.172. The second kappa shape index (κ2) is 9.50. The predicted molar refractivity (Wildman–Crippen MR) is 127 cm³/mol. The molecule has 0 radical (unpaired) electrons. The lowest BCUT2D eigenvalue weighted by Crippen LogP contribution is -2.60. The van der Waals surface area contributed by atoms with E-state index in [2.05, 4.69) is 0 Å². The molecule has 1 heterocycles. The number of aromatic hydroxyl groups is 2. The summed E-state index contributed by atoms with van der Waals surface area (Å²) in [5, 5.41) is 94.4. The molecule has 0 spiro atoms. The van der Waals surface area contributed by atoms with Crippen LogP contribution in [0.4, 0.5) is 0 Å². The van der Waals surface area contributed by atoms with Gasteiger partial charge in [-0.2, -0.15) is 0 Å². The lowest BCUT2D eigenvalue weighted by molar-refractivity contribution is -0.277. The largest absolute Gasteiger partial charge is 0.507 e. The number of rotatable bonds is 4. The van der Waals surface area contributed by atoms with Gasteiger partial charge in [0.1, 0.15) is 47.8 Å². The van der Waals surface area contributed by atoms with Crippen LogP contribution in [0.15, 0.2) is 18.2 Å². The number of benzene rings is 2. The van der Waals surface area contributed by atoms with Gasteiger partial charge in [0.15, 0.2) is 5.78 Å². The molecular formula is C26H28O13. The summed E-state index contributed by atoms with van der Waals surface area (Å²) in [6.07, 6.45) is -12.1. The number of fused-ring (bicyclic) bond motifs is 3. The highest BCUT2D eigenvalue weighted by atomic mass is 16.7. The van der Waals surface area contributed by atoms with E-state index in [1.54, 1.807) is 0 Å². The van der Waals surface area contributed by atoms with Gasteiger partial charge in [-0.25, -0.2) is 0 Å². The second-order valence-corrected chi connectivity index (χ2v) is 10.0. The molecule has 13 heteroatoms. The van der Waals surface area contributed by atoms with Crippen LogP contribution >= 0.6 is 0 Å². The Balaban J connectivity index is 1.63. The van der Waals surface area contributed by atoms with Gasteiger partial charge >= 0.3 is 0 Å². The minimum Gasteiger partial charge on any atom is -0.507 e. The van der Waals surface area contributed by atoms with Gasteiger partial charge in [0.25, 0.3) is 0 Å². The van der Waals surface area contributed by atoms with Gasteiger partial charge < -0.3 is 55.4 Å². The number of phenolic OH excluding ortho intramolecular Hbond substituents is 2. The molecule has 39 heavy (non-hydrogen) atoms. The highest BCUT2D eigenvalue weighted by Crippen LogP contribution is 2.55. The molecule has 3 aliphatic rings. The molecule has 1 saturated heterocycles. The van der Waals surface area contributed by atoms with Crippen molar-refractivity contribution < 1.29 is 65.0 Å². The number of hydrogen-bond acceptors (Lipinski definition) is 13. The molecule has 0 aromatic heterocycles. The molecule has 9 N–H and O–H groups in total. The molecular weight excluding hydrogens is 520 g/mol. The van der Waals surface area contributed by atoms with Gasteiger partial charge in [0.05, 0.1) is 35.0 Å². The minimum absolute atomic E-state index is 0.0314. The molecule has 0 amide bonds. The normalized spacial score (nSPS) is 33.8. The number of aliphatic hydroxyl groups excluding tert-OH is 6. The number of carbonyl (C=O) groups is 2. The van der Waals surface area contributed by atoms with Crippen LogP contribution in [-0.2, 0) is 4.74 Å². The third-order valence-electron chi connectivity index (χ3n) is 7.84. The number of aliphatic hydroxyl groups is 7. The van der Waals surface area contributed by atoms with Crippen LogP contribution in [0.3, 0.4) is 0 Å². The SMILES string of the molecule is CC[C@@]1(O)C[C@@H](O)c2c(O)c3c(c(O)c2[C@H]1O)C(=O)c1cccc(O[C@@H]2O[C@H](CO)[C@@H](O)[C@H](O)[C@H]2O)c1C3=O. The molecule has 5 rings (SSSR count). The monoisotopic (exact) mass is 548 g/mol. The molecule has 13 nitrogen and oxygen atoms in total. The van der Waals surface area contributed by atoms with E-state index in [0.29, 0.717) is 0 Å². The fourth-order valence-corrected chi connectivity index (χ4v) is 5.57. The summed E-state index contributed by atoms with van der Waals surface area (Å²) in [6, 6.07) is 3.80. The standard InChI is InChI=1S/C26H28O13/c1-2-26(37)6-9(28)13-16(24(26)36)21(33)14-15(20(13)32)19(31)12-8(17(14)29)4-3-5-10(12)38-25-23(35)22(34)18(30)11(7-27)39-25/h3-5,9,11,18,22-25,27-28,30,32-37H,2,6-7H2,1H3/t9-,11-,18-,22+,23-,24-,25-,26-/m1/s1. The second-order valence-electron chi connectivity index (χ2n) is 10.0. The number of carbonyl (C=O) groups excluding carboxylic acids is 2. The highest BCUT2D eigenvalue weighted by Gasteiger charge is 2.50. The van der Waals surface area contributed by atoms with Crippen molar-refractivity contribution in [2.75, 3.05) is 6.61 Å². The average molecular weight is 548 g/mol. The van der Waals surface area contributed by atoms with Crippen LogP contribution < -0.4 is 4.74 Å². The topological polar surface area (TPSA) is 235 Å². The first-order chi connectivity index (χ1) is 18.4. The van der Waals surface area contributed by atoms with Crippen LogP contribution in [0.25, 0.3) is 0 Å². The van der Waals surface area contributed by atoms with E-state index >= 15 is 0 Å². The van der Waals surface area contributed by atoms with Crippen LogP contribution in [-0.4, -0.2) is 100 Å². The van der Waals surface area contributed by atoms with E-state index in [4.69, 9.17) is 9.47 Å². The van der Waals surface area contributed by atoms with Gasteiger partial charge in [0, 0.05) is 23.1 Å². The van der Waals surface area contributed by atoms with Crippen LogP contribution in [0, 0.1) is 0 Å². The van der Waals surface area contributed by atoms with E-state index in [9.17, 15) is 55.5 Å². The van der Waals surface area contributed by atoms with Crippen molar-refractivity contribution in [3.05, 3.63) is 51.6 Å². The van der Waals surface area contributed by atoms with Crippen LogP contribution in [0.1, 0.15) is 74.9 Å². The Morgan fingerprint density at radius 2 is 1.56 bits per heavy atom. The van der Waals surface area contributed by atoms with E-state index in [-0.39, 0.29) is 17.7 Å². The average Bonchev–Trinajstić information content (AvgIpc) is 2.91. The van der Waals surface area contributed by atoms with Gasteiger partial charge in [-0.3, -0.25) is 9.59 Å². The van der Waals surface area contributed by atoms with Gasteiger partial charge in [-0.1, -0.05) is 19.1 Å². The summed E-state index contributed by atoms with van der Waals surface area (Å²) >= 11 is 0. The lowest BCUT2D eigenvalue weighted by Gasteiger charge is -2.41.